The van der Waals surface area contributed by atoms with Crippen LogP contribution in [0.4, 0.5) is 5.69 Å². The number of hydrogen-bond acceptors (Lipinski definition) is 7. The molecule has 1 amide bonds. The predicted octanol–water partition coefficient (Wildman–Crippen LogP) is 3.40. The zero-order valence-electron chi connectivity index (χ0n) is 15.6. The first-order chi connectivity index (χ1) is 14.5. The van der Waals surface area contributed by atoms with Crippen LogP contribution in [0, 0.1) is 11.3 Å². The van der Waals surface area contributed by atoms with Gasteiger partial charge < -0.3 is 20.1 Å². The molecule has 0 saturated carbocycles. The summed E-state index contributed by atoms with van der Waals surface area (Å²) in [4.78, 5) is 32.5. The lowest BCUT2D eigenvalue weighted by Crippen LogP contribution is -2.31. The number of benzene rings is 2. The van der Waals surface area contributed by atoms with Crippen LogP contribution in [-0.2, 0) is 14.3 Å². The van der Waals surface area contributed by atoms with Crippen LogP contribution < -0.4 is 5.32 Å². The number of aliphatic hydroxyl groups excluding tert-OH is 1. The van der Waals surface area contributed by atoms with Crippen LogP contribution >= 0.6 is 11.8 Å². The monoisotopic (exact) mass is 420 g/mol. The minimum atomic E-state index is -0.657. The number of nitrogens with one attached hydrogen (secondary N) is 2. The fourth-order valence-corrected chi connectivity index (χ4v) is 4.08. The molecule has 3 N–H and O–H groups in total. The lowest BCUT2D eigenvalue weighted by molar-refractivity contribution is -0.144. The number of nitriles is 1. The number of ether oxygens (including phenoxy) is 1. The second-order valence-corrected chi connectivity index (χ2v) is 7.74. The first kappa shape index (κ1) is 19.5. The highest BCUT2D eigenvalue weighted by Gasteiger charge is 2.29. The molecule has 1 aromatic heterocycles. The molecule has 150 valence electrons. The van der Waals surface area contributed by atoms with Gasteiger partial charge in [-0.1, -0.05) is 24.3 Å². The maximum absolute atomic E-state index is 12.2. The number of allylic oxidation sites excluding steroid dienone is 1. The highest BCUT2D eigenvalue weighted by Crippen LogP contribution is 2.36. The van der Waals surface area contributed by atoms with Crippen molar-refractivity contribution in [3.63, 3.8) is 0 Å². The summed E-state index contributed by atoms with van der Waals surface area (Å²) in [6.45, 7) is -0.492. The van der Waals surface area contributed by atoms with Gasteiger partial charge >= 0.3 is 5.97 Å². The minimum absolute atomic E-state index is 0.113. The van der Waals surface area contributed by atoms with Gasteiger partial charge in [-0.15, -0.1) is 11.8 Å². The van der Waals surface area contributed by atoms with E-state index in [2.05, 4.69) is 15.3 Å². The number of amides is 1. The third-order valence-electron chi connectivity index (χ3n) is 4.46. The second-order valence-electron chi connectivity index (χ2n) is 6.49. The summed E-state index contributed by atoms with van der Waals surface area (Å²) in [5, 5.41) is 21.8. The van der Waals surface area contributed by atoms with Crippen molar-refractivity contribution in [1.29, 1.82) is 5.26 Å². The molecule has 0 spiro atoms. The number of H-pyrrole nitrogens is 1. The molecule has 0 bridgehead atoms. The normalized spacial score (nSPS) is 16.2. The van der Waals surface area contributed by atoms with Gasteiger partial charge in [0.2, 0.25) is 5.91 Å². The van der Waals surface area contributed by atoms with Gasteiger partial charge in [0, 0.05) is 4.90 Å². The fourth-order valence-electron chi connectivity index (χ4n) is 2.98. The van der Waals surface area contributed by atoms with Crippen molar-refractivity contribution in [3.8, 4) is 6.07 Å². The van der Waals surface area contributed by atoms with E-state index in [1.807, 2.05) is 36.4 Å². The number of carbonyl (C=O) groups excluding carboxylic acids is 2. The largest absolute Gasteiger partial charge is 0.507 e. The Morgan fingerprint density at radius 3 is 2.80 bits per heavy atom. The molecule has 30 heavy (non-hydrogen) atoms. The highest BCUT2D eigenvalue weighted by atomic mass is 32.2. The van der Waals surface area contributed by atoms with E-state index in [1.165, 1.54) is 11.8 Å². The zero-order chi connectivity index (χ0) is 21.1. The Bertz CT molecular complexity index is 1180. The molecule has 0 saturated heterocycles. The second kappa shape index (κ2) is 8.31. The number of aliphatic hydroxyl groups is 1. The van der Waals surface area contributed by atoms with E-state index >= 15 is 0 Å². The Balaban J connectivity index is 1.41. The Morgan fingerprint density at radius 1 is 1.23 bits per heavy atom. The highest BCUT2D eigenvalue weighted by molar-refractivity contribution is 8.01. The molecule has 4 rings (SSSR count). The Labute approximate surface area is 175 Å². The summed E-state index contributed by atoms with van der Waals surface area (Å²) in [5.74, 6) is -1.17. The SMILES string of the molecule is N#CC(=C(O)COC(=O)CC1Sc2ccccc2NC1=O)c1nc2ccccc2[nH]1. The number of fused-ring (bicyclic) bond motifs is 2. The van der Waals surface area contributed by atoms with E-state index in [-0.39, 0.29) is 23.7 Å². The summed E-state index contributed by atoms with van der Waals surface area (Å²) in [5.41, 5.74) is 1.95. The van der Waals surface area contributed by atoms with Gasteiger partial charge in [0.25, 0.3) is 0 Å². The number of hydrogen-bond donors (Lipinski definition) is 3. The molecule has 1 unspecified atom stereocenters. The van der Waals surface area contributed by atoms with Crippen LogP contribution in [0.1, 0.15) is 12.2 Å². The maximum Gasteiger partial charge on any atom is 0.307 e. The van der Waals surface area contributed by atoms with Crippen LogP contribution in [0.5, 0.6) is 0 Å². The molecule has 9 heteroatoms. The van der Waals surface area contributed by atoms with E-state index in [9.17, 15) is 20.0 Å². The van der Waals surface area contributed by atoms with Crippen LogP contribution in [-0.4, -0.2) is 38.8 Å². The summed E-state index contributed by atoms with van der Waals surface area (Å²) in [6, 6.07) is 16.4. The maximum atomic E-state index is 12.2. The van der Waals surface area contributed by atoms with Crippen molar-refractivity contribution in [3.05, 3.63) is 60.1 Å². The lowest BCUT2D eigenvalue weighted by atomic mass is 10.2. The van der Waals surface area contributed by atoms with Gasteiger partial charge in [0.05, 0.1) is 28.4 Å². The quantitative estimate of drug-likeness (QED) is 0.328. The van der Waals surface area contributed by atoms with Gasteiger partial charge in [0.15, 0.2) is 11.6 Å². The molecule has 0 radical (unpaired) electrons. The van der Waals surface area contributed by atoms with Crippen molar-refractivity contribution >= 4 is 45.9 Å². The molecule has 3 aromatic rings. The van der Waals surface area contributed by atoms with Gasteiger partial charge in [-0.25, -0.2) is 4.98 Å². The van der Waals surface area contributed by atoms with Crippen molar-refractivity contribution < 1.29 is 19.4 Å². The molecular formula is C21H16N4O4S. The number of aromatic amines is 1. The molecule has 0 aliphatic carbocycles. The van der Waals surface area contributed by atoms with Crippen LogP contribution in [0.2, 0.25) is 0 Å². The molecule has 1 atom stereocenters. The van der Waals surface area contributed by atoms with Crippen molar-refractivity contribution in [1.82, 2.24) is 9.97 Å². The first-order valence-electron chi connectivity index (χ1n) is 9.04. The van der Waals surface area contributed by atoms with Gasteiger partial charge in [-0.2, -0.15) is 5.26 Å². The van der Waals surface area contributed by atoms with Crippen LogP contribution in [0.15, 0.2) is 59.2 Å². The number of rotatable bonds is 5. The molecule has 8 nitrogen and oxygen atoms in total. The summed E-state index contributed by atoms with van der Waals surface area (Å²) in [6.07, 6.45) is -0.162. The number of carbonyl (C=O) groups is 2. The van der Waals surface area contributed by atoms with Crippen molar-refractivity contribution in [2.75, 3.05) is 11.9 Å². The van der Waals surface area contributed by atoms with E-state index < -0.39 is 23.6 Å². The number of aromatic nitrogens is 2. The molecule has 0 fully saturated rings. The van der Waals surface area contributed by atoms with E-state index in [1.54, 1.807) is 18.2 Å². The zero-order valence-corrected chi connectivity index (χ0v) is 16.4. The van der Waals surface area contributed by atoms with Crippen molar-refractivity contribution in [2.45, 2.75) is 16.6 Å². The molecule has 2 heterocycles. The summed E-state index contributed by atoms with van der Waals surface area (Å²) < 4.78 is 5.09. The number of thioether (sulfide) groups is 1. The average molecular weight is 420 g/mol. The number of esters is 1. The number of para-hydroxylation sites is 3. The van der Waals surface area contributed by atoms with Crippen molar-refractivity contribution in [2.24, 2.45) is 0 Å². The standard InChI is InChI=1S/C21H16N4O4S/c22-10-12(20-23-13-5-1-2-6-14(13)24-20)16(26)11-29-19(27)9-18-21(28)25-15-7-3-4-8-17(15)30-18/h1-8,18,26H,9,11H2,(H,23,24)(H,25,28). The summed E-state index contributed by atoms with van der Waals surface area (Å²) in [7, 11) is 0. The minimum Gasteiger partial charge on any atom is -0.507 e. The van der Waals surface area contributed by atoms with E-state index in [0.717, 1.165) is 4.90 Å². The Kier molecular flexibility index (Phi) is 5.41. The smallest absolute Gasteiger partial charge is 0.307 e. The molecule has 2 aromatic carbocycles. The van der Waals surface area contributed by atoms with Gasteiger partial charge in [-0.3, -0.25) is 9.59 Å². The van der Waals surface area contributed by atoms with Gasteiger partial charge in [-0.05, 0) is 24.3 Å². The first-order valence-corrected chi connectivity index (χ1v) is 9.92. The molecular weight excluding hydrogens is 404 g/mol. The third-order valence-corrected chi connectivity index (χ3v) is 5.73. The molecule has 1 aliphatic rings. The van der Waals surface area contributed by atoms with Crippen LogP contribution in [0.3, 0.4) is 0 Å². The topological polar surface area (TPSA) is 128 Å². The summed E-state index contributed by atoms with van der Waals surface area (Å²) >= 11 is 1.28. The number of anilines is 1. The predicted molar refractivity (Wildman–Crippen MR) is 112 cm³/mol. The number of imidazole rings is 1. The van der Waals surface area contributed by atoms with E-state index in [0.29, 0.717) is 16.7 Å². The third kappa shape index (κ3) is 3.99. The van der Waals surface area contributed by atoms with Crippen LogP contribution in [0.25, 0.3) is 16.6 Å². The Morgan fingerprint density at radius 2 is 2.00 bits per heavy atom. The number of nitrogens with zero attached hydrogens (tertiary/aromatic N) is 2. The lowest BCUT2D eigenvalue weighted by Gasteiger charge is -2.23. The van der Waals surface area contributed by atoms with Gasteiger partial charge in [0.1, 0.15) is 18.2 Å². The van der Waals surface area contributed by atoms with E-state index in [4.69, 9.17) is 4.74 Å². The average Bonchev–Trinajstić information content (AvgIpc) is 3.17. The molecule has 1 aliphatic heterocycles. The fraction of sp³-hybridized carbons (Fsp3) is 0.143. The Hall–Kier alpha value is -3.77.